The molecular formula is C19H21N3O6. The SMILES string of the molecule is COCCCn1c(C)cc(C(=O)Cn2c(=O)oc3ccc([N+](=O)[O-])cc32)c1C. The number of ketones is 1. The van der Waals surface area contributed by atoms with Gasteiger partial charge in [-0.2, -0.15) is 0 Å². The number of nitro benzene ring substituents is 1. The average molecular weight is 387 g/mol. The molecule has 0 N–H and O–H groups in total. The van der Waals surface area contributed by atoms with Crippen molar-refractivity contribution < 1.29 is 18.9 Å². The van der Waals surface area contributed by atoms with Crippen LogP contribution >= 0.6 is 0 Å². The number of rotatable bonds is 8. The molecule has 0 aliphatic rings. The fraction of sp³-hybridized carbons (Fsp3) is 0.368. The number of nitro groups is 1. The van der Waals surface area contributed by atoms with Gasteiger partial charge in [-0.1, -0.05) is 0 Å². The molecule has 9 heteroatoms. The van der Waals surface area contributed by atoms with Crippen LogP contribution in [0.25, 0.3) is 11.1 Å². The van der Waals surface area contributed by atoms with E-state index >= 15 is 0 Å². The van der Waals surface area contributed by atoms with Crippen LogP contribution in [-0.2, 0) is 17.8 Å². The Labute approximate surface area is 160 Å². The Morgan fingerprint density at radius 1 is 1.25 bits per heavy atom. The smallest absolute Gasteiger partial charge is 0.408 e. The Bertz CT molecular complexity index is 1110. The molecule has 1 aromatic carbocycles. The van der Waals surface area contributed by atoms with Crippen molar-refractivity contribution in [1.29, 1.82) is 0 Å². The van der Waals surface area contributed by atoms with E-state index in [0.29, 0.717) is 12.2 Å². The maximum Gasteiger partial charge on any atom is 0.420 e. The highest BCUT2D eigenvalue weighted by molar-refractivity contribution is 5.98. The van der Waals surface area contributed by atoms with Crippen LogP contribution in [0, 0.1) is 24.0 Å². The number of nitrogens with zero attached hydrogens (tertiary/aromatic N) is 3. The van der Waals surface area contributed by atoms with Crippen molar-refractivity contribution >= 4 is 22.6 Å². The van der Waals surface area contributed by atoms with Gasteiger partial charge in [0.05, 0.1) is 17.0 Å². The summed E-state index contributed by atoms with van der Waals surface area (Å²) in [5.74, 6) is -0.986. The molecule has 148 valence electrons. The summed E-state index contributed by atoms with van der Waals surface area (Å²) >= 11 is 0. The quantitative estimate of drug-likeness (QED) is 0.254. The van der Waals surface area contributed by atoms with E-state index in [2.05, 4.69) is 0 Å². The average Bonchev–Trinajstić information content (AvgIpc) is 3.11. The molecule has 0 spiro atoms. The second-order valence-corrected chi connectivity index (χ2v) is 6.57. The molecule has 0 amide bonds. The first-order valence-electron chi connectivity index (χ1n) is 8.80. The fourth-order valence-electron chi connectivity index (χ4n) is 3.34. The van der Waals surface area contributed by atoms with Crippen molar-refractivity contribution in [3.8, 4) is 0 Å². The Balaban J connectivity index is 1.92. The van der Waals surface area contributed by atoms with E-state index in [4.69, 9.17) is 9.15 Å². The van der Waals surface area contributed by atoms with Crippen LogP contribution in [0.3, 0.4) is 0 Å². The Morgan fingerprint density at radius 3 is 2.68 bits per heavy atom. The van der Waals surface area contributed by atoms with Crippen molar-refractivity contribution in [3.63, 3.8) is 0 Å². The lowest BCUT2D eigenvalue weighted by atomic mass is 10.1. The third-order valence-electron chi connectivity index (χ3n) is 4.77. The summed E-state index contributed by atoms with van der Waals surface area (Å²) in [5.41, 5.74) is 2.52. The van der Waals surface area contributed by atoms with Gasteiger partial charge in [-0.05, 0) is 32.4 Å². The zero-order valence-corrected chi connectivity index (χ0v) is 15.9. The van der Waals surface area contributed by atoms with Crippen molar-refractivity contribution in [3.05, 3.63) is 61.9 Å². The third-order valence-corrected chi connectivity index (χ3v) is 4.77. The lowest BCUT2D eigenvalue weighted by Crippen LogP contribution is -2.20. The largest absolute Gasteiger partial charge is 0.420 e. The van der Waals surface area contributed by atoms with Crippen LogP contribution in [0.15, 0.2) is 33.5 Å². The summed E-state index contributed by atoms with van der Waals surface area (Å²) in [6.07, 6.45) is 0.815. The van der Waals surface area contributed by atoms with Crippen molar-refractivity contribution in [2.75, 3.05) is 13.7 Å². The molecule has 0 saturated carbocycles. The molecule has 3 rings (SSSR count). The number of aryl methyl sites for hydroxylation is 1. The van der Waals surface area contributed by atoms with Gasteiger partial charge in [-0.15, -0.1) is 0 Å². The third kappa shape index (κ3) is 3.61. The molecule has 0 saturated heterocycles. The van der Waals surface area contributed by atoms with Crippen molar-refractivity contribution in [2.45, 2.75) is 33.4 Å². The van der Waals surface area contributed by atoms with E-state index in [1.165, 1.54) is 18.2 Å². The number of aromatic nitrogens is 2. The molecule has 0 aliphatic carbocycles. The predicted molar refractivity (Wildman–Crippen MR) is 102 cm³/mol. The number of hydrogen-bond donors (Lipinski definition) is 0. The summed E-state index contributed by atoms with van der Waals surface area (Å²) in [6.45, 7) is 4.86. The van der Waals surface area contributed by atoms with Gasteiger partial charge in [0, 0.05) is 49.3 Å². The van der Waals surface area contributed by atoms with E-state index in [-0.39, 0.29) is 29.1 Å². The summed E-state index contributed by atoms with van der Waals surface area (Å²) in [6, 6.07) is 5.64. The summed E-state index contributed by atoms with van der Waals surface area (Å²) in [7, 11) is 1.64. The summed E-state index contributed by atoms with van der Waals surface area (Å²) < 4.78 is 13.3. The van der Waals surface area contributed by atoms with Gasteiger partial charge >= 0.3 is 5.76 Å². The first-order valence-corrected chi connectivity index (χ1v) is 8.80. The zero-order chi connectivity index (χ0) is 20.4. The van der Waals surface area contributed by atoms with Gasteiger partial charge in [-0.3, -0.25) is 19.5 Å². The van der Waals surface area contributed by atoms with Crippen molar-refractivity contribution in [2.24, 2.45) is 0 Å². The second-order valence-electron chi connectivity index (χ2n) is 6.57. The van der Waals surface area contributed by atoms with Gasteiger partial charge in [0.1, 0.15) is 0 Å². The van der Waals surface area contributed by atoms with Crippen LogP contribution < -0.4 is 5.76 Å². The molecule has 9 nitrogen and oxygen atoms in total. The van der Waals surface area contributed by atoms with Crippen LogP contribution in [0.4, 0.5) is 5.69 Å². The second kappa shape index (κ2) is 7.81. The van der Waals surface area contributed by atoms with E-state index in [0.717, 1.165) is 28.9 Å². The lowest BCUT2D eigenvalue weighted by molar-refractivity contribution is -0.384. The Morgan fingerprint density at radius 2 is 2.00 bits per heavy atom. The summed E-state index contributed by atoms with van der Waals surface area (Å²) in [5, 5.41) is 11.0. The predicted octanol–water partition coefficient (Wildman–Crippen LogP) is 2.84. The van der Waals surface area contributed by atoms with Crippen LogP contribution in [0.2, 0.25) is 0 Å². The van der Waals surface area contributed by atoms with E-state index < -0.39 is 10.7 Å². The normalized spacial score (nSPS) is 11.2. The van der Waals surface area contributed by atoms with Gasteiger partial charge in [0.2, 0.25) is 0 Å². The molecular weight excluding hydrogens is 366 g/mol. The minimum absolute atomic E-state index is 0.175. The van der Waals surface area contributed by atoms with Gasteiger partial charge in [0.25, 0.3) is 5.69 Å². The van der Waals surface area contributed by atoms with Crippen LogP contribution in [0.1, 0.15) is 28.2 Å². The number of carbonyl (C=O) groups is 1. The number of fused-ring (bicyclic) bond motifs is 1. The minimum Gasteiger partial charge on any atom is -0.408 e. The number of hydrogen-bond acceptors (Lipinski definition) is 6. The molecule has 2 heterocycles. The number of benzene rings is 1. The topological polar surface area (TPSA) is 110 Å². The Kier molecular flexibility index (Phi) is 5.46. The molecule has 0 fully saturated rings. The van der Waals surface area contributed by atoms with E-state index in [1.54, 1.807) is 13.2 Å². The van der Waals surface area contributed by atoms with E-state index in [9.17, 15) is 19.7 Å². The maximum absolute atomic E-state index is 12.9. The van der Waals surface area contributed by atoms with Gasteiger partial charge in [0.15, 0.2) is 11.4 Å². The molecule has 0 atom stereocenters. The van der Waals surface area contributed by atoms with Crippen molar-refractivity contribution in [1.82, 2.24) is 9.13 Å². The molecule has 28 heavy (non-hydrogen) atoms. The number of oxazole rings is 1. The van der Waals surface area contributed by atoms with Crippen LogP contribution in [-0.4, -0.2) is 33.6 Å². The van der Waals surface area contributed by atoms with Gasteiger partial charge in [-0.25, -0.2) is 4.79 Å². The minimum atomic E-state index is -0.724. The Hall–Kier alpha value is -3.20. The lowest BCUT2D eigenvalue weighted by Gasteiger charge is -2.09. The molecule has 2 aromatic heterocycles. The maximum atomic E-state index is 12.9. The number of methoxy groups -OCH3 is 1. The number of non-ortho nitro benzene ring substituents is 1. The standard InChI is InChI=1S/C19H21N3O6/c1-12-9-15(13(2)20(12)7-4-8-27-3)17(23)11-21-16-10-14(22(25)26)5-6-18(16)28-19(21)24/h5-6,9-10H,4,7-8,11H2,1-3H3. The number of Topliss-reactive ketones (excluding diaryl/α,β-unsaturated/α-hetero) is 1. The highest BCUT2D eigenvalue weighted by atomic mass is 16.6. The molecule has 0 radical (unpaired) electrons. The molecule has 0 unspecified atom stereocenters. The van der Waals surface area contributed by atoms with Gasteiger partial charge < -0.3 is 13.7 Å². The zero-order valence-electron chi connectivity index (χ0n) is 15.9. The first kappa shape index (κ1) is 19.6. The highest BCUT2D eigenvalue weighted by Gasteiger charge is 2.20. The fourth-order valence-corrected chi connectivity index (χ4v) is 3.34. The molecule has 0 aliphatic heterocycles. The highest BCUT2D eigenvalue weighted by Crippen LogP contribution is 2.22. The molecule has 0 bridgehead atoms. The summed E-state index contributed by atoms with van der Waals surface area (Å²) in [4.78, 5) is 35.5. The monoisotopic (exact) mass is 387 g/mol. The van der Waals surface area contributed by atoms with E-state index in [1.807, 2.05) is 18.4 Å². The number of ether oxygens (including phenoxy) is 1. The number of carbonyl (C=O) groups excluding carboxylic acids is 1. The first-order chi connectivity index (χ1) is 13.3. The molecule has 3 aromatic rings. The van der Waals surface area contributed by atoms with Crippen LogP contribution in [0.5, 0.6) is 0 Å².